The van der Waals surface area contributed by atoms with Gasteiger partial charge in [-0.2, -0.15) is 0 Å². The first-order chi connectivity index (χ1) is 8.15. The Balaban J connectivity index is 2.69. The molecule has 1 N–H and O–H groups in total. The van der Waals surface area contributed by atoms with Gasteiger partial charge in [0.1, 0.15) is 5.82 Å². The van der Waals surface area contributed by atoms with Crippen molar-refractivity contribution < 1.29 is 0 Å². The van der Waals surface area contributed by atoms with Gasteiger partial charge in [0.15, 0.2) is 0 Å². The van der Waals surface area contributed by atoms with Crippen LogP contribution in [0.4, 0.5) is 5.82 Å². The first-order valence-corrected chi connectivity index (χ1v) is 6.85. The van der Waals surface area contributed by atoms with Crippen LogP contribution in [0.5, 0.6) is 0 Å². The minimum absolute atomic E-state index is 0.726. The molecule has 0 atom stereocenters. The monoisotopic (exact) mass is 312 g/mol. The van der Waals surface area contributed by atoms with Crippen LogP contribution in [0.2, 0.25) is 5.02 Å². The van der Waals surface area contributed by atoms with E-state index in [4.69, 9.17) is 11.6 Å². The van der Waals surface area contributed by atoms with E-state index in [0.717, 1.165) is 39.2 Å². The smallest absolute Gasteiger partial charge is 0.129 e. The zero-order valence-corrected chi connectivity index (χ0v) is 12.2. The van der Waals surface area contributed by atoms with Gasteiger partial charge in [-0.3, -0.25) is 0 Å². The summed E-state index contributed by atoms with van der Waals surface area (Å²) in [6.07, 6.45) is 0.954. The lowest BCUT2D eigenvalue weighted by atomic mass is 10.1. The average molecular weight is 314 g/mol. The molecule has 2 nitrogen and oxygen atoms in total. The van der Waals surface area contributed by atoms with E-state index >= 15 is 0 Å². The van der Waals surface area contributed by atoms with E-state index in [9.17, 15) is 0 Å². The molecule has 1 heterocycles. The Kier molecular flexibility index (Phi) is 3.89. The fourth-order valence-corrected chi connectivity index (χ4v) is 2.77. The van der Waals surface area contributed by atoms with Crippen LogP contribution in [0.1, 0.15) is 19.4 Å². The van der Waals surface area contributed by atoms with Crippen molar-refractivity contribution in [3.63, 3.8) is 0 Å². The van der Waals surface area contributed by atoms with Crippen LogP contribution < -0.4 is 5.32 Å². The molecule has 0 saturated carbocycles. The molecular formula is C13H14BrClN2. The van der Waals surface area contributed by atoms with Crippen molar-refractivity contribution in [3.05, 3.63) is 33.3 Å². The Morgan fingerprint density at radius 2 is 2.06 bits per heavy atom. The van der Waals surface area contributed by atoms with E-state index in [2.05, 4.69) is 46.1 Å². The van der Waals surface area contributed by atoms with Crippen molar-refractivity contribution in [3.8, 4) is 0 Å². The van der Waals surface area contributed by atoms with Crippen molar-refractivity contribution in [2.24, 2.45) is 0 Å². The van der Waals surface area contributed by atoms with Gasteiger partial charge in [0, 0.05) is 21.4 Å². The molecule has 0 amide bonds. The van der Waals surface area contributed by atoms with Gasteiger partial charge in [0.05, 0.1) is 5.52 Å². The van der Waals surface area contributed by atoms with Crippen LogP contribution in [0.3, 0.4) is 0 Å². The largest absolute Gasteiger partial charge is 0.370 e. The molecule has 0 unspecified atom stereocenters. The molecule has 0 saturated heterocycles. The molecule has 17 heavy (non-hydrogen) atoms. The number of aryl methyl sites for hydroxylation is 1. The molecule has 0 aliphatic carbocycles. The number of nitrogens with one attached hydrogen (secondary N) is 1. The Morgan fingerprint density at radius 3 is 2.71 bits per heavy atom. The highest BCUT2D eigenvalue weighted by Gasteiger charge is 2.08. The Labute approximate surface area is 115 Å². The summed E-state index contributed by atoms with van der Waals surface area (Å²) in [6, 6.07) is 5.97. The van der Waals surface area contributed by atoms with Crippen LogP contribution in [0.25, 0.3) is 10.9 Å². The molecule has 1 aromatic carbocycles. The van der Waals surface area contributed by atoms with Gasteiger partial charge in [-0.15, -0.1) is 0 Å². The molecule has 0 radical (unpaired) electrons. The van der Waals surface area contributed by atoms with E-state index in [-0.39, 0.29) is 0 Å². The summed E-state index contributed by atoms with van der Waals surface area (Å²) >= 11 is 9.55. The second kappa shape index (κ2) is 5.23. The maximum Gasteiger partial charge on any atom is 0.129 e. The lowest BCUT2D eigenvalue weighted by Crippen LogP contribution is -2.03. The number of halogens is 2. The molecule has 0 aliphatic heterocycles. The summed E-state index contributed by atoms with van der Waals surface area (Å²) in [6.45, 7) is 5.07. The molecule has 0 bridgehead atoms. The minimum atomic E-state index is 0.726. The number of rotatable bonds is 3. The van der Waals surface area contributed by atoms with E-state index in [1.54, 1.807) is 0 Å². The first kappa shape index (κ1) is 12.7. The van der Waals surface area contributed by atoms with Gasteiger partial charge < -0.3 is 5.32 Å². The third-order valence-corrected chi connectivity index (χ3v) is 3.46. The zero-order chi connectivity index (χ0) is 12.4. The standard InChI is InChI=1S/C13H14BrClN2/c1-3-8-5-9-6-10(15)7-11(14)12(9)17-13(8)16-4-2/h5-7H,3-4H2,1-2H3,(H,16,17). The second-order valence-corrected chi connectivity index (χ2v) is 5.13. The number of fused-ring (bicyclic) bond motifs is 1. The number of pyridine rings is 1. The van der Waals surface area contributed by atoms with Crippen molar-refractivity contribution in [1.82, 2.24) is 4.98 Å². The predicted octanol–water partition coefficient (Wildman–Crippen LogP) is 4.64. The highest BCUT2D eigenvalue weighted by molar-refractivity contribution is 9.10. The molecule has 1 aromatic heterocycles. The highest BCUT2D eigenvalue weighted by Crippen LogP contribution is 2.30. The zero-order valence-electron chi connectivity index (χ0n) is 9.85. The summed E-state index contributed by atoms with van der Waals surface area (Å²) < 4.78 is 0.932. The minimum Gasteiger partial charge on any atom is -0.370 e. The van der Waals surface area contributed by atoms with Crippen molar-refractivity contribution in [2.45, 2.75) is 20.3 Å². The molecule has 0 spiro atoms. The van der Waals surface area contributed by atoms with Crippen LogP contribution in [-0.4, -0.2) is 11.5 Å². The average Bonchev–Trinajstić information content (AvgIpc) is 2.29. The van der Waals surface area contributed by atoms with Crippen LogP contribution in [0, 0.1) is 0 Å². The van der Waals surface area contributed by atoms with E-state index in [1.807, 2.05) is 12.1 Å². The Morgan fingerprint density at radius 1 is 1.29 bits per heavy atom. The van der Waals surface area contributed by atoms with Crippen LogP contribution in [-0.2, 0) is 6.42 Å². The Bertz CT molecular complexity index is 555. The molecule has 90 valence electrons. The number of hydrogen-bond acceptors (Lipinski definition) is 2. The normalized spacial score (nSPS) is 10.8. The van der Waals surface area contributed by atoms with Crippen molar-refractivity contribution in [2.75, 3.05) is 11.9 Å². The topological polar surface area (TPSA) is 24.9 Å². The number of nitrogens with zero attached hydrogens (tertiary/aromatic N) is 1. The second-order valence-electron chi connectivity index (χ2n) is 3.84. The summed E-state index contributed by atoms with van der Waals surface area (Å²) in [4.78, 5) is 4.66. The molecule has 2 aromatic rings. The Hall–Kier alpha value is -0.800. The van der Waals surface area contributed by atoms with Crippen LogP contribution >= 0.6 is 27.5 Å². The van der Waals surface area contributed by atoms with E-state index in [1.165, 1.54) is 5.56 Å². The SMILES string of the molecule is CCNc1nc2c(Br)cc(Cl)cc2cc1CC. The van der Waals surface area contributed by atoms with E-state index in [0.29, 0.717) is 0 Å². The number of anilines is 1. The fourth-order valence-electron chi connectivity index (χ4n) is 1.84. The summed E-state index contributed by atoms with van der Waals surface area (Å²) in [5.41, 5.74) is 2.16. The van der Waals surface area contributed by atoms with Gasteiger partial charge >= 0.3 is 0 Å². The summed E-state index contributed by atoms with van der Waals surface area (Å²) in [7, 11) is 0. The highest BCUT2D eigenvalue weighted by atomic mass is 79.9. The van der Waals surface area contributed by atoms with Crippen molar-refractivity contribution in [1.29, 1.82) is 0 Å². The van der Waals surface area contributed by atoms with Crippen molar-refractivity contribution >= 4 is 44.3 Å². The maximum absolute atomic E-state index is 6.05. The third kappa shape index (κ3) is 2.55. The number of hydrogen-bond donors (Lipinski definition) is 1. The molecule has 2 rings (SSSR count). The quantitative estimate of drug-likeness (QED) is 0.892. The fraction of sp³-hybridized carbons (Fsp3) is 0.308. The summed E-state index contributed by atoms with van der Waals surface area (Å²) in [5.74, 6) is 0.963. The van der Waals surface area contributed by atoms with Gasteiger partial charge in [0.2, 0.25) is 0 Å². The van der Waals surface area contributed by atoms with Gasteiger partial charge in [0.25, 0.3) is 0 Å². The molecule has 0 aliphatic rings. The van der Waals surface area contributed by atoms with Crippen LogP contribution in [0.15, 0.2) is 22.7 Å². The van der Waals surface area contributed by atoms with E-state index < -0.39 is 0 Å². The predicted molar refractivity (Wildman–Crippen MR) is 78.0 cm³/mol. The lowest BCUT2D eigenvalue weighted by Gasteiger charge is -2.11. The van der Waals surface area contributed by atoms with Gasteiger partial charge in [-0.05, 0) is 53.0 Å². The third-order valence-electron chi connectivity index (χ3n) is 2.64. The number of aromatic nitrogens is 1. The lowest BCUT2D eigenvalue weighted by molar-refractivity contribution is 1.08. The van der Waals surface area contributed by atoms with Gasteiger partial charge in [-0.25, -0.2) is 4.98 Å². The molecule has 4 heteroatoms. The molecule has 0 fully saturated rings. The number of benzene rings is 1. The maximum atomic E-state index is 6.05. The summed E-state index contributed by atoms with van der Waals surface area (Å²) in [5, 5.41) is 5.09. The first-order valence-electron chi connectivity index (χ1n) is 5.68. The van der Waals surface area contributed by atoms with Gasteiger partial charge in [-0.1, -0.05) is 18.5 Å². The molecular weight excluding hydrogens is 300 g/mol.